The zero-order chi connectivity index (χ0) is 14.8. The molecule has 0 radical (unpaired) electrons. The average molecular weight is 291 g/mol. The third-order valence-corrected chi connectivity index (χ3v) is 5.04. The van der Waals surface area contributed by atoms with E-state index in [9.17, 15) is 4.39 Å². The fourth-order valence-electron chi connectivity index (χ4n) is 3.59. The maximum absolute atomic E-state index is 13.4. The predicted molar refractivity (Wildman–Crippen MR) is 83.6 cm³/mol. The quantitative estimate of drug-likeness (QED) is 0.926. The van der Waals surface area contributed by atoms with E-state index in [0.717, 1.165) is 51.1 Å². The van der Waals surface area contributed by atoms with E-state index in [4.69, 9.17) is 5.73 Å². The number of piperidine rings is 1. The van der Waals surface area contributed by atoms with Gasteiger partial charge >= 0.3 is 0 Å². The zero-order valence-corrected chi connectivity index (χ0v) is 12.9. The molecule has 2 aliphatic rings. The second-order valence-corrected chi connectivity index (χ2v) is 6.62. The molecule has 0 spiro atoms. The number of nitrogens with two attached hydrogens (primary N) is 1. The van der Waals surface area contributed by atoms with Gasteiger partial charge in [-0.1, -0.05) is 6.07 Å². The van der Waals surface area contributed by atoms with E-state index < -0.39 is 0 Å². The number of hydrogen-bond acceptors (Lipinski definition) is 3. The minimum Gasteiger partial charge on any atom is -0.328 e. The number of likely N-dealkylation sites (tertiary alicyclic amines) is 2. The highest BCUT2D eigenvalue weighted by Gasteiger charge is 2.29. The Bertz CT molecular complexity index is 483. The lowest BCUT2D eigenvalue weighted by molar-refractivity contribution is 0.151. The molecule has 116 valence electrons. The Kier molecular flexibility index (Phi) is 4.57. The Hall–Kier alpha value is -0.970. The van der Waals surface area contributed by atoms with Crippen LogP contribution >= 0.6 is 0 Å². The van der Waals surface area contributed by atoms with E-state index in [1.165, 1.54) is 12.0 Å². The van der Waals surface area contributed by atoms with Gasteiger partial charge in [0.15, 0.2) is 0 Å². The minimum absolute atomic E-state index is 0.128. The van der Waals surface area contributed by atoms with Gasteiger partial charge in [-0.3, -0.25) is 9.80 Å². The summed E-state index contributed by atoms with van der Waals surface area (Å²) < 4.78 is 13.4. The average Bonchev–Trinajstić information content (AvgIpc) is 2.92. The van der Waals surface area contributed by atoms with Crippen molar-refractivity contribution in [1.82, 2.24) is 9.80 Å². The molecule has 1 aromatic carbocycles. The van der Waals surface area contributed by atoms with E-state index >= 15 is 0 Å². The van der Waals surface area contributed by atoms with E-state index in [1.807, 2.05) is 6.07 Å². The molecule has 3 rings (SSSR count). The van der Waals surface area contributed by atoms with Crippen LogP contribution in [-0.4, -0.2) is 48.1 Å². The summed E-state index contributed by atoms with van der Waals surface area (Å²) in [6.07, 6.45) is 3.47. The van der Waals surface area contributed by atoms with Crippen LogP contribution in [-0.2, 0) is 6.54 Å². The summed E-state index contributed by atoms with van der Waals surface area (Å²) >= 11 is 0. The third kappa shape index (κ3) is 3.62. The Morgan fingerprint density at radius 2 is 1.95 bits per heavy atom. The van der Waals surface area contributed by atoms with Crippen molar-refractivity contribution in [3.8, 4) is 0 Å². The first kappa shape index (κ1) is 14.9. The van der Waals surface area contributed by atoms with Crippen LogP contribution in [0.1, 0.15) is 30.4 Å². The third-order valence-electron chi connectivity index (χ3n) is 5.04. The van der Waals surface area contributed by atoms with Crippen LogP contribution < -0.4 is 5.73 Å². The number of benzene rings is 1. The Labute approximate surface area is 126 Å². The molecule has 1 aromatic rings. The number of rotatable bonds is 3. The molecule has 2 aliphatic heterocycles. The molecule has 2 fully saturated rings. The molecule has 0 saturated carbocycles. The second-order valence-electron chi connectivity index (χ2n) is 6.62. The van der Waals surface area contributed by atoms with Crippen LogP contribution in [0.2, 0.25) is 0 Å². The summed E-state index contributed by atoms with van der Waals surface area (Å²) in [7, 11) is 0. The van der Waals surface area contributed by atoms with Gasteiger partial charge in [0.05, 0.1) is 0 Å². The topological polar surface area (TPSA) is 32.5 Å². The van der Waals surface area contributed by atoms with Gasteiger partial charge in [0.25, 0.3) is 0 Å². The van der Waals surface area contributed by atoms with Crippen molar-refractivity contribution >= 4 is 0 Å². The predicted octanol–water partition coefficient (Wildman–Crippen LogP) is 2.13. The van der Waals surface area contributed by atoms with Crippen molar-refractivity contribution in [2.75, 3.05) is 26.2 Å². The lowest BCUT2D eigenvalue weighted by atomic mass is 10.0. The number of aryl methyl sites for hydroxylation is 1. The smallest absolute Gasteiger partial charge is 0.123 e. The lowest BCUT2D eigenvalue weighted by Crippen LogP contribution is -2.46. The minimum atomic E-state index is -0.128. The van der Waals surface area contributed by atoms with Crippen molar-refractivity contribution in [2.45, 2.75) is 44.8 Å². The van der Waals surface area contributed by atoms with Crippen LogP contribution in [0.3, 0.4) is 0 Å². The van der Waals surface area contributed by atoms with Gasteiger partial charge in [0.1, 0.15) is 5.82 Å². The monoisotopic (exact) mass is 291 g/mol. The highest BCUT2D eigenvalue weighted by atomic mass is 19.1. The molecule has 4 heteroatoms. The number of nitrogens with zero attached hydrogens (tertiary/aromatic N) is 2. The Balaban J connectivity index is 1.56. The molecule has 2 heterocycles. The fourth-order valence-corrected chi connectivity index (χ4v) is 3.59. The van der Waals surface area contributed by atoms with Gasteiger partial charge in [0.2, 0.25) is 0 Å². The van der Waals surface area contributed by atoms with E-state index in [1.54, 1.807) is 12.1 Å². The van der Waals surface area contributed by atoms with Crippen molar-refractivity contribution in [3.05, 3.63) is 35.1 Å². The summed E-state index contributed by atoms with van der Waals surface area (Å²) in [6.45, 7) is 7.42. The van der Waals surface area contributed by atoms with E-state index in [-0.39, 0.29) is 5.82 Å². The highest BCUT2D eigenvalue weighted by molar-refractivity contribution is 5.26. The molecule has 2 N–H and O–H groups in total. The summed E-state index contributed by atoms with van der Waals surface area (Å²) in [5.74, 6) is -0.128. The molecule has 2 saturated heterocycles. The highest BCUT2D eigenvalue weighted by Crippen LogP contribution is 2.22. The molecule has 0 aliphatic carbocycles. The standard InChI is InChI=1S/C17H26FN3/c1-13-2-3-15(18)10-14(13)11-20-7-6-17(12-20)21-8-4-16(19)5-9-21/h2-3,10,16-17H,4-9,11-12,19H2,1H3. The molecule has 0 aromatic heterocycles. The van der Waals surface area contributed by atoms with Crippen LogP contribution in [0, 0.1) is 12.7 Å². The summed E-state index contributed by atoms with van der Waals surface area (Å²) in [5.41, 5.74) is 8.29. The van der Waals surface area contributed by atoms with Gasteiger partial charge < -0.3 is 5.73 Å². The molecule has 0 amide bonds. The van der Waals surface area contributed by atoms with E-state index in [2.05, 4.69) is 16.7 Å². The molecular weight excluding hydrogens is 265 g/mol. The first-order chi connectivity index (χ1) is 10.1. The van der Waals surface area contributed by atoms with Crippen LogP contribution in [0.4, 0.5) is 4.39 Å². The SMILES string of the molecule is Cc1ccc(F)cc1CN1CCC(N2CCC(N)CC2)C1. The van der Waals surface area contributed by atoms with Gasteiger partial charge in [0, 0.05) is 31.7 Å². The molecule has 21 heavy (non-hydrogen) atoms. The maximum atomic E-state index is 13.4. The first-order valence-corrected chi connectivity index (χ1v) is 8.09. The van der Waals surface area contributed by atoms with Crippen molar-refractivity contribution in [2.24, 2.45) is 5.73 Å². The number of halogens is 1. The Morgan fingerprint density at radius 1 is 1.19 bits per heavy atom. The van der Waals surface area contributed by atoms with Crippen molar-refractivity contribution in [3.63, 3.8) is 0 Å². The van der Waals surface area contributed by atoms with Crippen molar-refractivity contribution in [1.29, 1.82) is 0 Å². The van der Waals surface area contributed by atoms with Crippen LogP contribution in [0.5, 0.6) is 0 Å². The molecule has 1 unspecified atom stereocenters. The normalized spacial score (nSPS) is 25.6. The molecule has 0 bridgehead atoms. The van der Waals surface area contributed by atoms with Gasteiger partial charge in [-0.25, -0.2) is 4.39 Å². The summed E-state index contributed by atoms with van der Waals surface area (Å²) in [4.78, 5) is 5.06. The maximum Gasteiger partial charge on any atom is 0.123 e. The van der Waals surface area contributed by atoms with Crippen LogP contribution in [0.15, 0.2) is 18.2 Å². The zero-order valence-electron chi connectivity index (χ0n) is 12.9. The van der Waals surface area contributed by atoms with Crippen molar-refractivity contribution < 1.29 is 4.39 Å². The van der Waals surface area contributed by atoms with Crippen LogP contribution in [0.25, 0.3) is 0 Å². The first-order valence-electron chi connectivity index (χ1n) is 8.09. The molecular formula is C17H26FN3. The summed E-state index contributed by atoms with van der Waals surface area (Å²) in [6, 6.07) is 6.16. The van der Waals surface area contributed by atoms with E-state index in [0.29, 0.717) is 12.1 Å². The molecule has 1 atom stereocenters. The van der Waals surface area contributed by atoms with Gasteiger partial charge in [-0.05, 0) is 62.5 Å². The number of hydrogen-bond donors (Lipinski definition) is 1. The summed E-state index contributed by atoms with van der Waals surface area (Å²) in [5, 5.41) is 0. The fraction of sp³-hybridized carbons (Fsp3) is 0.647. The van der Waals surface area contributed by atoms with Gasteiger partial charge in [-0.15, -0.1) is 0 Å². The second kappa shape index (κ2) is 6.42. The molecule has 3 nitrogen and oxygen atoms in total. The van der Waals surface area contributed by atoms with Gasteiger partial charge in [-0.2, -0.15) is 0 Å². The largest absolute Gasteiger partial charge is 0.328 e. The Morgan fingerprint density at radius 3 is 2.71 bits per heavy atom. The lowest BCUT2D eigenvalue weighted by Gasteiger charge is -2.34.